The first-order valence-corrected chi connectivity index (χ1v) is 6.59. The minimum atomic E-state index is 0.0375. The molecule has 0 amide bonds. The molecule has 17 heavy (non-hydrogen) atoms. The van der Waals surface area contributed by atoms with Crippen LogP contribution in [0, 0.1) is 0 Å². The molecule has 0 bridgehead atoms. The van der Waals surface area contributed by atoms with Crippen LogP contribution < -0.4 is 0 Å². The molecular formula is C13H15Cl2NO. The van der Waals surface area contributed by atoms with Crippen LogP contribution in [0.25, 0.3) is 0 Å². The summed E-state index contributed by atoms with van der Waals surface area (Å²) in [6, 6.07) is 5.55. The molecule has 1 saturated heterocycles. The largest absolute Gasteiger partial charge is 0.302 e. The second-order valence-electron chi connectivity index (χ2n) is 4.41. The Balaban J connectivity index is 2.10. The van der Waals surface area contributed by atoms with Gasteiger partial charge in [0.25, 0.3) is 0 Å². The van der Waals surface area contributed by atoms with Gasteiger partial charge in [-0.15, -0.1) is 0 Å². The summed E-state index contributed by atoms with van der Waals surface area (Å²) < 4.78 is 0. The maximum absolute atomic E-state index is 11.0. The predicted octanol–water partition coefficient (Wildman–Crippen LogP) is 3.55. The lowest BCUT2D eigenvalue weighted by atomic mass is 10.0. The summed E-state index contributed by atoms with van der Waals surface area (Å²) >= 11 is 12.0. The van der Waals surface area contributed by atoms with Crippen LogP contribution in [0.3, 0.4) is 0 Å². The molecule has 1 atom stereocenters. The highest BCUT2D eigenvalue weighted by molar-refractivity contribution is 6.35. The van der Waals surface area contributed by atoms with E-state index in [1.807, 2.05) is 12.1 Å². The quantitative estimate of drug-likeness (QED) is 0.784. The third-order valence-corrected chi connectivity index (χ3v) is 3.80. The van der Waals surface area contributed by atoms with Gasteiger partial charge in [-0.05, 0) is 37.1 Å². The fraction of sp³-hybridized carbons (Fsp3) is 0.462. The maximum Gasteiger partial charge on any atom is 0.137 e. The van der Waals surface area contributed by atoms with E-state index in [0.29, 0.717) is 10.0 Å². The number of aldehydes is 1. The first-order chi connectivity index (χ1) is 8.20. The summed E-state index contributed by atoms with van der Waals surface area (Å²) in [5.41, 5.74) is 1.03. The number of benzene rings is 1. The summed E-state index contributed by atoms with van der Waals surface area (Å²) in [6.07, 6.45) is 4.28. The molecule has 4 heteroatoms. The van der Waals surface area contributed by atoms with Crippen molar-refractivity contribution in [1.29, 1.82) is 0 Å². The van der Waals surface area contributed by atoms with Crippen LogP contribution in [0.1, 0.15) is 24.8 Å². The van der Waals surface area contributed by atoms with Gasteiger partial charge in [-0.3, -0.25) is 4.90 Å². The zero-order chi connectivity index (χ0) is 12.3. The predicted molar refractivity (Wildman–Crippen MR) is 70.6 cm³/mol. The average Bonchev–Trinajstić information content (AvgIpc) is 2.33. The Morgan fingerprint density at radius 1 is 1.35 bits per heavy atom. The van der Waals surface area contributed by atoms with Crippen molar-refractivity contribution in [2.24, 2.45) is 0 Å². The smallest absolute Gasteiger partial charge is 0.137 e. The van der Waals surface area contributed by atoms with Crippen molar-refractivity contribution >= 4 is 29.5 Å². The van der Waals surface area contributed by atoms with Crippen molar-refractivity contribution in [2.75, 3.05) is 6.54 Å². The van der Waals surface area contributed by atoms with E-state index in [1.54, 1.807) is 6.07 Å². The number of nitrogens with zero attached hydrogens (tertiary/aromatic N) is 1. The number of hydrogen-bond acceptors (Lipinski definition) is 2. The fourth-order valence-electron chi connectivity index (χ4n) is 2.24. The SMILES string of the molecule is O=CC1CCCCN1Cc1ccc(Cl)cc1Cl. The van der Waals surface area contributed by atoms with Gasteiger partial charge < -0.3 is 4.79 Å². The Bertz CT molecular complexity index is 408. The highest BCUT2D eigenvalue weighted by Crippen LogP contribution is 2.25. The van der Waals surface area contributed by atoms with Gasteiger partial charge in [0.2, 0.25) is 0 Å². The van der Waals surface area contributed by atoms with Crippen LogP contribution in [-0.2, 0) is 11.3 Å². The van der Waals surface area contributed by atoms with E-state index in [4.69, 9.17) is 23.2 Å². The van der Waals surface area contributed by atoms with E-state index in [0.717, 1.165) is 44.2 Å². The van der Waals surface area contributed by atoms with Gasteiger partial charge in [-0.1, -0.05) is 35.7 Å². The third-order valence-electron chi connectivity index (χ3n) is 3.21. The molecule has 0 aliphatic carbocycles. The number of rotatable bonds is 3. The molecule has 2 nitrogen and oxygen atoms in total. The molecule has 92 valence electrons. The Kier molecular flexibility index (Phi) is 4.43. The molecule has 0 aromatic heterocycles. The van der Waals surface area contributed by atoms with Crippen molar-refractivity contribution in [2.45, 2.75) is 31.8 Å². The Morgan fingerprint density at radius 3 is 2.88 bits per heavy atom. The summed E-state index contributed by atoms with van der Waals surface area (Å²) in [5.74, 6) is 0. The molecule has 2 rings (SSSR count). The van der Waals surface area contributed by atoms with Gasteiger partial charge in [-0.2, -0.15) is 0 Å². The molecule has 0 N–H and O–H groups in total. The van der Waals surface area contributed by atoms with Crippen molar-refractivity contribution in [1.82, 2.24) is 4.90 Å². The van der Waals surface area contributed by atoms with Gasteiger partial charge in [0.15, 0.2) is 0 Å². The topological polar surface area (TPSA) is 20.3 Å². The van der Waals surface area contributed by atoms with Crippen molar-refractivity contribution in [3.63, 3.8) is 0 Å². The Labute approximate surface area is 112 Å². The van der Waals surface area contributed by atoms with Gasteiger partial charge >= 0.3 is 0 Å². The lowest BCUT2D eigenvalue weighted by Gasteiger charge is -2.32. The minimum absolute atomic E-state index is 0.0375. The van der Waals surface area contributed by atoms with Crippen molar-refractivity contribution in [3.05, 3.63) is 33.8 Å². The minimum Gasteiger partial charge on any atom is -0.302 e. The van der Waals surface area contributed by atoms with E-state index < -0.39 is 0 Å². The summed E-state index contributed by atoms with van der Waals surface area (Å²) in [6.45, 7) is 1.68. The Morgan fingerprint density at radius 2 is 2.18 bits per heavy atom. The van der Waals surface area contributed by atoms with Gasteiger partial charge in [0.1, 0.15) is 6.29 Å². The van der Waals surface area contributed by atoms with E-state index in [-0.39, 0.29) is 6.04 Å². The first-order valence-electron chi connectivity index (χ1n) is 5.84. The molecular weight excluding hydrogens is 257 g/mol. The highest BCUT2D eigenvalue weighted by Gasteiger charge is 2.22. The monoisotopic (exact) mass is 271 g/mol. The van der Waals surface area contributed by atoms with Crippen LogP contribution in [-0.4, -0.2) is 23.8 Å². The standard InChI is InChI=1S/C13H15Cl2NO/c14-11-5-4-10(13(15)7-11)8-16-6-2-1-3-12(16)9-17/h4-5,7,9,12H,1-3,6,8H2. The molecule has 0 spiro atoms. The lowest BCUT2D eigenvalue weighted by molar-refractivity contribution is -0.113. The summed E-state index contributed by atoms with van der Waals surface area (Å²) in [4.78, 5) is 13.2. The number of halogens is 2. The maximum atomic E-state index is 11.0. The zero-order valence-corrected chi connectivity index (χ0v) is 11.0. The molecule has 1 fully saturated rings. The summed E-state index contributed by atoms with van der Waals surface area (Å²) in [5, 5.41) is 1.32. The molecule has 1 aliphatic rings. The molecule has 1 aliphatic heterocycles. The van der Waals surface area contributed by atoms with Gasteiger partial charge in [0.05, 0.1) is 6.04 Å². The molecule has 1 heterocycles. The second kappa shape index (κ2) is 5.85. The highest BCUT2D eigenvalue weighted by atomic mass is 35.5. The number of hydrogen-bond donors (Lipinski definition) is 0. The number of piperidine rings is 1. The van der Waals surface area contributed by atoms with Gasteiger partial charge in [-0.25, -0.2) is 0 Å². The molecule has 0 saturated carbocycles. The molecule has 0 radical (unpaired) electrons. The normalized spacial score (nSPS) is 21.4. The van der Waals surface area contributed by atoms with E-state index in [1.165, 1.54) is 0 Å². The third kappa shape index (κ3) is 3.21. The molecule has 1 unspecified atom stereocenters. The van der Waals surface area contributed by atoms with E-state index >= 15 is 0 Å². The molecule has 1 aromatic carbocycles. The van der Waals surface area contributed by atoms with E-state index in [2.05, 4.69) is 4.90 Å². The van der Waals surface area contributed by atoms with Crippen molar-refractivity contribution in [3.8, 4) is 0 Å². The number of likely N-dealkylation sites (tertiary alicyclic amines) is 1. The van der Waals surface area contributed by atoms with Crippen LogP contribution in [0.4, 0.5) is 0 Å². The Hall–Kier alpha value is -0.570. The average molecular weight is 272 g/mol. The van der Waals surface area contributed by atoms with Crippen LogP contribution in [0.5, 0.6) is 0 Å². The number of carbonyl (C=O) groups excluding carboxylic acids is 1. The second-order valence-corrected chi connectivity index (χ2v) is 5.25. The van der Waals surface area contributed by atoms with E-state index in [9.17, 15) is 4.79 Å². The molecule has 1 aromatic rings. The first kappa shape index (κ1) is 12.9. The lowest BCUT2D eigenvalue weighted by Crippen LogP contribution is -2.39. The summed E-state index contributed by atoms with van der Waals surface area (Å²) in [7, 11) is 0. The van der Waals surface area contributed by atoms with Crippen LogP contribution in [0.2, 0.25) is 10.0 Å². The van der Waals surface area contributed by atoms with Crippen LogP contribution >= 0.6 is 23.2 Å². The number of carbonyl (C=O) groups is 1. The van der Waals surface area contributed by atoms with Crippen molar-refractivity contribution < 1.29 is 4.79 Å². The zero-order valence-electron chi connectivity index (χ0n) is 9.53. The fourth-order valence-corrected chi connectivity index (χ4v) is 2.70. The van der Waals surface area contributed by atoms with Gasteiger partial charge in [0, 0.05) is 16.6 Å². The van der Waals surface area contributed by atoms with Crippen LogP contribution in [0.15, 0.2) is 18.2 Å².